The Bertz CT molecular complexity index is 642. The highest BCUT2D eigenvalue weighted by Gasteiger charge is 2.49. The highest BCUT2D eigenvalue weighted by atomic mass is 35.5. The summed E-state index contributed by atoms with van der Waals surface area (Å²) in [6.07, 6.45) is 0. The highest BCUT2D eigenvalue weighted by molar-refractivity contribution is 6.70. The number of hydrogen-bond acceptors (Lipinski definition) is 4. The fraction of sp³-hybridized carbons (Fsp3) is 0.357. The van der Waals surface area contributed by atoms with Gasteiger partial charge in [-0.2, -0.15) is 0 Å². The average molecular weight is 330 g/mol. The first-order chi connectivity index (χ1) is 9.54. The molecule has 0 aliphatic carbocycles. The second kappa shape index (κ2) is 5.03. The van der Waals surface area contributed by atoms with Gasteiger partial charge in [0, 0.05) is 5.56 Å². The van der Waals surface area contributed by atoms with Gasteiger partial charge in [0.25, 0.3) is 0 Å². The molecule has 21 heavy (non-hydrogen) atoms. The first kappa shape index (κ1) is 15.8. The minimum absolute atomic E-state index is 0.0251. The van der Waals surface area contributed by atoms with Crippen molar-refractivity contribution in [1.82, 2.24) is 0 Å². The SMILES string of the molecule is CC1(c2ccc(F)cc2Cl)OC(N)=C(O[Si](C)(C)C)C1=O. The van der Waals surface area contributed by atoms with Crippen molar-refractivity contribution < 1.29 is 18.3 Å². The summed E-state index contributed by atoms with van der Waals surface area (Å²) in [5.74, 6) is -0.935. The Labute approximate surface area is 128 Å². The van der Waals surface area contributed by atoms with Gasteiger partial charge >= 0.3 is 0 Å². The van der Waals surface area contributed by atoms with Crippen LogP contribution in [0.4, 0.5) is 4.39 Å². The van der Waals surface area contributed by atoms with E-state index >= 15 is 0 Å². The molecule has 0 radical (unpaired) electrons. The molecular weight excluding hydrogens is 313 g/mol. The summed E-state index contributed by atoms with van der Waals surface area (Å²) < 4.78 is 24.4. The van der Waals surface area contributed by atoms with Crippen LogP contribution < -0.4 is 5.73 Å². The van der Waals surface area contributed by atoms with Crippen LogP contribution >= 0.6 is 11.6 Å². The minimum atomic E-state index is -2.02. The molecule has 114 valence electrons. The standard InChI is InChI=1S/C14H17ClFNO3Si/c1-14(9-6-5-8(16)7-10(9)15)12(18)11(13(17)19-14)20-21(2,3)4/h5-7H,17H2,1-4H3. The summed E-state index contributed by atoms with van der Waals surface area (Å²) >= 11 is 6.03. The molecule has 0 bridgehead atoms. The molecule has 1 unspecified atom stereocenters. The maximum Gasteiger partial charge on any atom is 0.249 e. The van der Waals surface area contributed by atoms with Crippen molar-refractivity contribution in [2.24, 2.45) is 5.73 Å². The van der Waals surface area contributed by atoms with E-state index < -0.39 is 25.5 Å². The van der Waals surface area contributed by atoms with E-state index in [1.54, 1.807) is 6.92 Å². The molecule has 0 aromatic heterocycles. The largest absolute Gasteiger partial charge is 0.538 e. The van der Waals surface area contributed by atoms with E-state index in [-0.39, 0.29) is 16.7 Å². The second-order valence-electron chi connectivity index (χ2n) is 6.00. The molecule has 7 heteroatoms. The number of ether oxygens (including phenoxy) is 1. The van der Waals surface area contributed by atoms with E-state index in [1.807, 2.05) is 19.6 Å². The van der Waals surface area contributed by atoms with E-state index in [2.05, 4.69) is 0 Å². The van der Waals surface area contributed by atoms with Crippen molar-refractivity contribution in [3.05, 3.63) is 46.2 Å². The molecular formula is C14H17ClFNO3Si. The molecule has 0 saturated heterocycles. The number of Topliss-reactive ketones (excluding diaryl/α,β-unsaturated/α-hetero) is 1. The maximum atomic E-state index is 13.2. The first-order valence-corrected chi connectivity index (χ1v) is 10.2. The average Bonchev–Trinajstić information content (AvgIpc) is 2.52. The van der Waals surface area contributed by atoms with Crippen LogP contribution in [0.2, 0.25) is 24.7 Å². The van der Waals surface area contributed by atoms with Crippen LogP contribution in [0.5, 0.6) is 0 Å². The molecule has 1 aromatic carbocycles. The van der Waals surface area contributed by atoms with Crippen LogP contribution in [0.3, 0.4) is 0 Å². The number of hydrogen-bond donors (Lipinski definition) is 1. The summed E-state index contributed by atoms with van der Waals surface area (Å²) in [6, 6.07) is 3.77. The van der Waals surface area contributed by atoms with Gasteiger partial charge in [0.05, 0.1) is 5.02 Å². The molecule has 0 fully saturated rings. The molecule has 1 aliphatic rings. The van der Waals surface area contributed by atoms with Gasteiger partial charge in [0.2, 0.25) is 31.3 Å². The fourth-order valence-electron chi connectivity index (χ4n) is 2.10. The van der Waals surface area contributed by atoms with E-state index in [9.17, 15) is 9.18 Å². The summed E-state index contributed by atoms with van der Waals surface area (Å²) in [5, 5.41) is 0.105. The molecule has 0 amide bonds. The van der Waals surface area contributed by atoms with Crippen LogP contribution in [0, 0.1) is 5.82 Å². The lowest BCUT2D eigenvalue weighted by Gasteiger charge is -2.24. The third-order valence-corrected chi connectivity index (χ3v) is 4.16. The Kier molecular flexibility index (Phi) is 3.80. The molecule has 2 rings (SSSR count). The Morgan fingerprint density at radius 3 is 2.52 bits per heavy atom. The lowest BCUT2D eigenvalue weighted by atomic mass is 9.91. The minimum Gasteiger partial charge on any atom is -0.538 e. The van der Waals surface area contributed by atoms with E-state index in [4.69, 9.17) is 26.5 Å². The summed E-state index contributed by atoms with van der Waals surface area (Å²) in [6.45, 7) is 7.34. The monoisotopic (exact) mass is 329 g/mol. The topological polar surface area (TPSA) is 61.6 Å². The lowest BCUT2D eigenvalue weighted by molar-refractivity contribution is -0.131. The third-order valence-electron chi connectivity index (χ3n) is 3.03. The van der Waals surface area contributed by atoms with Crippen LogP contribution in [-0.2, 0) is 19.6 Å². The molecule has 0 saturated carbocycles. The summed E-state index contributed by atoms with van der Waals surface area (Å²) in [5.41, 5.74) is 4.74. The highest BCUT2D eigenvalue weighted by Crippen LogP contribution is 2.41. The smallest absolute Gasteiger partial charge is 0.249 e. The third kappa shape index (κ3) is 2.91. The van der Waals surface area contributed by atoms with Gasteiger partial charge < -0.3 is 14.9 Å². The van der Waals surface area contributed by atoms with E-state index in [0.29, 0.717) is 5.56 Å². The number of carbonyl (C=O) groups is 1. The first-order valence-electron chi connectivity index (χ1n) is 6.43. The van der Waals surface area contributed by atoms with Crippen LogP contribution in [0.1, 0.15) is 12.5 Å². The molecule has 2 N–H and O–H groups in total. The zero-order chi connectivity index (χ0) is 16.0. The Hall–Kier alpha value is -1.53. The van der Waals surface area contributed by atoms with Gasteiger partial charge in [-0.3, -0.25) is 4.79 Å². The van der Waals surface area contributed by atoms with Gasteiger partial charge in [0.1, 0.15) is 5.82 Å². The summed E-state index contributed by atoms with van der Waals surface area (Å²) in [7, 11) is -2.02. The predicted octanol–water partition coefficient (Wildman–Crippen LogP) is 3.27. The van der Waals surface area contributed by atoms with Gasteiger partial charge in [0.15, 0.2) is 0 Å². The number of nitrogens with two attached hydrogens (primary N) is 1. The molecule has 1 aliphatic heterocycles. The maximum absolute atomic E-state index is 13.2. The Morgan fingerprint density at radius 2 is 2.00 bits per heavy atom. The number of halogens is 2. The Morgan fingerprint density at radius 1 is 1.38 bits per heavy atom. The Balaban J connectivity index is 2.41. The zero-order valence-corrected chi connectivity index (χ0v) is 14.0. The number of rotatable bonds is 3. The van der Waals surface area contributed by atoms with Crippen LogP contribution in [0.25, 0.3) is 0 Å². The number of benzene rings is 1. The zero-order valence-electron chi connectivity index (χ0n) is 12.3. The van der Waals surface area contributed by atoms with Gasteiger partial charge in [-0.1, -0.05) is 17.7 Å². The lowest BCUT2D eigenvalue weighted by Crippen LogP contribution is -2.34. The second-order valence-corrected chi connectivity index (χ2v) is 10.8. The molecule has 0 spiro atoms. The molecule has 1 aromatic rings. The number of carbonyl (C=O) groups excluding carboxylic acids is 1. The normalized spacial score (nSPS) is 22.5. The van der Waals surface area contributed by atoms with Gasteiger partial charge in [-0.05, 0) is 38.7 Å². The van der Waals surface area contributed by atoms with Gasteiger partial charge in [-0.15, -0.1) is 0 Å². The number of ketones is 1. The van der Waals surface area contributed by atoms with Crippen molar-refractivity contribution in [2.75, 3.05) is 0 Å². The molecule has 4 nitrogen and oxygen atoms in total. The fourth-order valence-corrected chi connectivity index (χ4v) is 3.25. The van der Waals surface area contributed by atoms with E-state index in [0.717, 1.165) is 6.07 Å². The van der Waals surface area contributed by atoms with Crippen LogP contribution in [0.15, 0.2) is 29.8 Å². The van der Waals surface area contributed by atoms with Gasteiger partial charge in [-0.25, -0.2) is 4.39 Å². The van der Waals surface area contributed by atoms with Crippen LogP contribution in [-0.4, -0.2) is 14.1 Å². The quantitative estimate of drug-likeness (QED) is 0.864. The molecule has 1 atom stereocenters. The van der Waals surface area contributed by atoms with Crippen molar-refractivity contribution in [2.45, 2.75) is 32.2 Å². The molecule has 1 heterocycles. The summed E-state index contributed by atoms with van der Waals surface area (Å²) in [4.78, 5) is 12.6. The predicted molar refractivity (Wildman–Crippen MR) is 80.5 cm³/mol. The van der Waals surface area contributed by atoms with E-state index in [1.165, 1.54) is 12.1 Å². The van der Waals surface area contributed by atoms with Crippen molar-refractivity contribution >= 4 is 25.7 Å². The van der Waals surface area contributed by atoms with Crippen molar-refractivity contribution in [1.29, 1.82) is 0 Å². The van der Waals surface area contributed by atoms with Crippen molar-refractivity contribution in [3.8, 4) is 0 Å². The van der Waals surface area contributed by atoms with Crippen molar-refractivity contribution in [3.63, 3.8) is 0 Å².